The van der Waals surface area contributed by atoms with Gasteiger partial charge in [-0.2, -0.15) is 18.3 Å². The highest BCUT2D eigenvalue weighted by Gasteiger charge is 2.32. The molecule has 9 nitrogen and oxygen atoms in total. The summed E-state index contributed by atoms with van der Waals surface area (Å²) in [6.07, 6.45) is -2.96. The predicted molar refractivity (Wildman–Crippen MR) is 82.2 cm³/mol. The lowest BCUT2D eigenvalue weighted by Crippen LogP contribution is -2.08. The Hall–Kier alpha value is -3.28. The zero-order valence-corrected chi connectivity index (χ0v) is 13.0. The fourth-order valence-electron chi connectivity index (χ4n) is 2.25. The number of rotatable bonds is 3. The molecule has 26 heavy (non-hydrogen) atoms. The molecular formula is C13H5ClF3N5O4. The standard InChI is InChI=1S/C13H5ClF3N5O4/c14-8-2-7(13(15,16)17)5-18-12(8)20-9-3-11(22(25)26)10(21(23)24)1-6(9)4-19-20/h1-5H. The highest BCUT2D eigenvalue weighted by atomic mass is 35.5. The Morgan fingerprint density at radius 3 is 2.19 bits per heavy atom. The lowest BCUT2D eigenvalue weighted by molar-refractivity contribution is -0.422. The first-order valence-corrected chi connectivity index (χ1v) is 7.01. The molecule has 0 bridgehead atoms. The number of hydrogen-bond acceptors (Lipinski definition) is 6. The minimum absolute atomic E-state index is 0.0245. The predicted octanol–water partition coefficient (Wildman–Crippen LogP) is 3.91. The van der Waals surface area contributed by atoms with E-state index in [0.29, 0.717) is 12.3 Å². The Labute approximate surface area is 145 Å². The van der Waals surface area contributed by atoms with Crippen molar-refractivity contribution in [1.29, 1.82) is 0 Å². The smallest absolute Gasteiger partial charge is 0.258 e. The van der Waals surface area contributed by atoms with Crippen LogP contribution in [-0.2, 0) is 6.18 Å². The van der Waals surface area contributed by atoms with Gasteiger partial charge in [0.2, 0.25) is 0 Å². The summed E-state index contributed by atoms with van der Waals surface area (Å²) in [5, 5.41) is 25.7. The second-order valence-corrected chi connectivity index (χ2v) is 5.40. The fourth-order valence-corrected chi connectivity index (χ4v) is 2.50. The van der Waals surface area contributed by atoms with E-state index in [1.165, 1.54) is 0 Å². The van der Waals surface area contributed by atoms with Crippen LogP contribution in [0.25, 0.3) is 16.7 Å². The van der Waals surface area contributed by atoms with E-state index in [1.54, 1.807) is 0 Å². The van der Waals surface area contributed by atoms with Crippen LogP contribution in [0.5, 0.6) is 0 Å². The van der Waals surface area contributed by atoms with Crippen molar-refractivity contribution in [3.63, 3.8) is 0 Å². The Kier molecular flexibility index (Phi) is 3.99. The van der Waals surface area contributed by atoms with Gasteiger partial charge < -0.3 is 0 Å². The van der Waals surface area contributed by atoms with E-state index in [4.69, 9.17) is 11.6 Å². The third-order valence-electron chi connectivity index (χ3n) is 3.41. The van der Waals surface area contributed by atoms with Gasteiger partial charge >= 0.3 is 17.6 Å². The number of hydrogen-bond donors (Lipinski definition) is 0. The number of aromatic nitrogens is 3. The molecule has 0 aliphatic heterocycles. The van der Waals surface area contributed by atoms with Crippen LogP contribution in [-0.4, -0.2) is 24.6 Å². The second-order valence-electron chi connectivity index (χ2n) is 5.00. The Bertz CT molecular complexity index is 1070. The molecule has 2 aromatic heterocycles. The van der Waals surface area contributed by atoms with Crippen LogP contribution < -0.4 is 0 Å². The third-order valence-corrected chi connectivity index (χ3v) is 3.69. The number of halogens is 4. The molecule has 0 saturated heterocycles. The molecule has 134 valence electrons. The zero-order chi connectivity index (χ0) is 19.2. The average Bonchev–Trinajstić information content (AvgIpc) is 2.95. The van der Waals surface area contributed by atoms with Crippen molar-refractivity contribution in [2.45, 2.75) is 6.18 Å². The Morgan fingerprint density at radius 2 is 1.65 bits per heavy atom. The number of fused-ring (bicyclic) bond motifs is 1. The Morgan fingerprint density at radius 1 is 1.04 bits per heavy atom. The van der Waals surface area contributed by atoms with Gasteiger partial charge in [0.05, 0.1) is 32.1 Å². The lowest BCUT2D eigenvalue weighted by Gasteiger charge is -2.09. The van der Waals surface area contributed by atoms with Crippen molar-refractivity contribution in [1.82, 2.24) is 14.8 Å². The van der Waals surface area contributed by atoms with E-state index in [0.717, 1.165) is 23.0 Å². The number of nitro benzene ring substituents is 2. The molecule has 0 unspecified atom stereocenters. The summed E-state index contributed by atoms with van der Waals surface area (Å²) in [7, 11) is 0. The van der Waals surface area contributed by atoms with Crippen molar-refractivity contribution in [3.05, 3.63) is 61.4 Å². The molecule has 2 heterocycles. The normalized spacial score (nSPS) is 11.7. The number of nitrogens with zero attached hydrogens (tertiary/aromatic N) is 5. The van der Waals surface area contributed by atoms with E-state index >= 15 is 0 Å². The van der Waals surface area contributed by atoms with Crippen LogP contribution in [0.4, 0.5) is 24.5 Å². The molecule has 0 amide bonds. The summed E-state index contributed by atoms with van der Waals surface area (Å²) in [5.41, 5.74) is -2.60. The van der Waals surface area contributed by atoms with E-state index in [2.05, 4.69) is 10.1 Å². The van der Waals surface area contributed by atoms with E-state index in [9.17, 15) is 33.4 Å². The van der Waals surface area contributed by atoms with Crippen LogP contribution >= 0.6 is 11.6 Å². The number of alkyl halides is 3. The molecule has 0 atom stereocenters. The first kappa shape index (κ1) is 17.5. The van der Waals surface area contributed by atoms with Crippen LogP contribution in [0.3, 0.4) is 0 Å². The average molecular weight is 388 g/mol. The maximum absolute atomic E-state index is 12.7. The summed E-state index contributed by atoms with van der Waals surface area (Å²) in [6.45, 7) is 0. The van der Waals surface area contributed by atoms with Gasteiger partial charge in [0.15, 0.2) is 5.82 Å². The van der Waals surface area contributed by atoms with Crippen LogP contribution in [0.15, 0.2) is 30.6 Å². The quantitative estimate of drug-likeness (QED) is 0.496. The van der Waals surface area contributed by atoms with Crippen molar-refractivity contribution in [2.75, 3.05) is 0 Å². The highest BCUT2D eigenvalue weighted by molar-refractivity contribution is 6.32. The van der Waals surface area contributed by atoms with Crippen molar-refractivity contribution in [3.8, 4) is 5.82 Å². The van der Waals surface area contributed by atoms with Crippen LogP contribution in [0.2, 0.25) is 5.02 Å². The number of pyridine rings is 1. The van der Waals surface area contributed by atoms with Crippen molar-refractivity contribution < 1.29 is 23.0 Å². The van der Waals surface area contributed by atoms with Gasteiger partial charge in [-0.25, -0.2) is 9.67 Å². The van der Waals surface area contributed by atoms with Gasteiger partial charge in [0, 0.05) is 23.7 Å². The van der Waals surface area contributed by atoms with Gasteiger partial charge in [-0.05, 0) is 6.07 Å². The summed E-state index contributed by atoms with van der Waals surface area (Å²) in [4.78, 5) is 23.8. The summed E-state index contributed by atoms with van der Waals surface area (Å²) in [5.74, 6) is -0.210. The van der Waals surface area contributed by atoms with Crippen LogP contribution in [0.1, 0.15) is 5.56 Å². The summed E-state index contributed by atoms with van der Waals surface area (Å²) < 4.78 is 39.1. The molecule has 0 aliphatic rings. The molecule has 0 aliphatic carbocycles. The van der Waals surface area contributed by atoms with Crippen LogP contribution in [0, 0.1) is 20.2 Å². The van der Waals surface area contributed by atoms with E-state index < -0.39 is 38.0 Å². The monoisotopic (exact) mass is 387 g/mol. The third kappa shape index (κ3) is 2.90. The molecule has 1 aromatic carbocycles. The summed E-state index contributed by atoms with van der Waals surface area (Å²) >= 11 is 5.85. The van der Waals surface area contributed by atoms with Crippen molar-refractivity contribution in [2.24, 2.45) is 0 Å². The first-order valence-electron chi connectivity index (χ1n) is 6.63. The highest BCUT2D eigenvalue weighted by Crippen LogP contribution is 2.35. The number of nitro groups is 2. The summed E-state index contributed by atoms with van der Waals surface area (Å²) in [6, 6.07) is 2.46. The number of benzene rings is 1. The fraction of sp³-hybridized carbons (Fsp3) is 0.0769. The maximum Gasteiger partial charge on any atom is 0.417 e. The topological polar surface area (TPSA) is 117 Å². The minimum atomic E-state index is -4.65. The molecule has 0 radical (unpaired) electrons. The first-order chi connectivity index (χ1) is 12.1. The van der Waals surface area contributed by atoms with E-state index in [-0.39, 0.29) is 16.7 Å². The maximum atomic E-state index is 12.7. The van der Waals surface area contributed by atoms with Crippen molar-refractivity contribution >= 4 is 33.9 Å². The molecule has 0 fully saturated rings. The Balaban J connectivity index is 2.22. The molecule has 0 saturated carbocycles. The molecular weight excluding hydrogens is 383 g/mol. The van der Waals surface area contributed by atoms with Gasteiger partial charge in [0.25, 0.3) is 0 Å². The van der Waals surface area contributed by atoms with Gasteiger partial charge in [-0.15, -0.1) is 0 Å². The zero-order valence-electron chi connectivity index (χ0n) is 12.3. The molecule has 0 N–H and O–H groups in total. The lowest BCUT2D eigenvalue weighted by atomic mass is 10.2. The van der Waals surface area contributed by atoms with Gasteiger partial charge in [-0.1, -0.05) is 11.6 Å². The molecule has 3 aromatic rings. The molecule has 13 heteroatoms. The van der Waals surface area contributed by atoms with E-state index in [1.807, 2.05) is 0 Å². The van der Waals surface area contributed by atoms with Gasteiger partial charge in [0.1, 0.15) is 0 Å². The van der Waals surface area contributed by atoms with Gasteiger partial charge in [-0.3, -0.25) is 20.2 Å². The molecule has 0 spiro atoms. The SMILES string of the molecule is O=[N+]([O-])c1cc2cnn(-c3ncc(C(F)(F)F)cc3Cl)c2cc1[N+](=O)[O-]. The second kappa shape index (κ2) is 5.91. The largest absolute Gasteiger partial charge is 0.417 e. The minimum Gasteiger partial charge on any atom is -0.258 e. The molecule has 3 rings (SSSR count).